The highest BCUT2D eigenvalue weighted by atomic mass is 35.5. The Labute approximate surface area is 88.4 Å². The third kappa shape index (κ3) is 2.67. The van der Waals surface area contributed by atoms with Gasteiger partial charge in [0.2, 0.25) is 0 Å². The van der Waals surface area contributed by atoms with Crippen molar-refractivity contribution in [3.05, 3.63) is 29.6 Å². The third-order valence-electron chi connectivity index (χ3n) is 2.10. The van der Waals surface area contributed by atoms with Crippen LogP contribution in [0.3, 0.4) is 0 Å². The standard InChI is InChI=1S/C10H14ClNO2/c1-7-3-2-6-12-9(7)10(14)8(13)4-5-11/h2-3,6,8,10,13-14H,4-5H2,1H3. The SMILES string of the molecule is Cc1cccnc1C(O)C(O)CCCl. The van der Waals surface area contributed by atoms with E-state index in [-0.39, 0.29) is 0 Å². The number of alkyl halides is 1. The molecule has 78 valence electrons. The first-order valence-electron chi connectivity index (χ1n) is 4.50. The molecule has 14 heavy (non-hydrogen) atoms. The molecule has 0 aliphatic heterocycles. The van der Waals surface area contributed by atoms with Gasteiger partial charge in [-0.1, -0.05) is 6.07 Å². The van der Waals surface area contributed by atoms with Crippen molar-refractivity contribution in [2.75, 3.05) is 5.88 Å². The molecule has 2 unspecified atom stereocenters. The van der Waals surface area contributed by atoms with Crippen molar-refractivity contribution in [3.8, 4) is 0 Å². The summed E-state index contributed by atoms with van der Waals surface area (Å²) >= 11 is 5.48. The molecule has 0 saturated heterocycles. The molecule has 0 aliphatic carbocycles. The van der Waals surface area contributed by atoms with Gasteiger partial charge in [0.15, 0.2) is 0 Å². The fourth-order valence-corrected chi connectivity index (χ4v) is 1.48. The molecule has 1 aromatic rings. The summed E-state index contributed by atoms with van der Waals surface area (Å²) in [4.78, 5) is 4.03. The number of aryl methyl sites for hydroxylation is 1. The van der Waals surface area contributed by atoms with Crippen LogP contribution in [0.4, 0.5) is 0 Å². The Morgan fingerprint density at radius 2 is 2.21 bits per heavy atom. The number of halogens is 1. The van der Waals surface area contributed by atoms with Crippen molar-refractivity contribution < 1.29 is 10.2 Å². The van der Waals surface area contributed by atoms with E-state index >= 15 is 0 Å². The first-order valence-corrected chi connectivity index (χ1v) is 5.04. The average molecular weight is 216 g/mol. The minimum Gasteiger partial charge on any atom is -0.390 e. The summed E-state index contributed by atoms with van der Waals surface area (Å²) < 4.78 is 0. The molecular weight excluding hydrogens is 202 g/mol. The van der Waals surface area contributed by atoms with E-state index in [1.54, 1.807) is 12.3 Å². The topological polar surface area (TPSA) is 53.4 Å². The van der Waals surface area contributed by atoms with Gasteiger partial charge in [-0.25, -0.2) is 0 Å². The van der Waals surface area contributed by atoms with E-state index in [1.807, 2.05) is 13.0 Å². The van der Waals surface area contributed by atoms with Crippen LogP contribution in [0.1, 0.15) is 23.8 Å². The van der Waals surface area contributed by atoms with Crippen molar-refractivity contribution in [2.24, 2.45) is 0 Å². The summed E-state index contributed by atoms with van der Waals surface area (Å²) in [6.45, 7) is 1.85. The Kier molecular flexibility index (Phi) is 4.32. The number of aliphatic hydroxyl groups is 2. The van der Waals surface area contributed by atoms with Crippen LogP contribution < -0.4 is 0 Å². The number of aliphatic hydroxyl groups excluding tert-OH is 2. The lowest BCUT2D eigenvalue weighted by Crippen LogP contribution is -2.20. The lowest BCUT2D eigenvalue weighted by atomic mass is 10.0. The van der Waals surface area contributed by atoms with Crippen LogP contribution in [0.2, 0.25) is 0 Å². The summed E-state index contributed by atoms with van der Waals surface area (Å²) in [6.07, 6.45) is 0.161. The van der Waals surface area contributed by atoms with E-state index in [4.69, 9.17) is 11.6 Å². The Morgan fingerprint density at radius 1 is 1.50 bits per heavy atom. The average Bonchev–Trinajstić information content (AvgIpc) is 2.18. The Morgan fingerprint density at radius 3 is 2.79 bits per heavy atom. The molecule has 1 heterocycles. The molecule has 0 aliphatic rings. The fraction of sp³-hybridized carbons (Fsp3) is 0.500. The van der Waals surface area contributed by atoms with Crippen LogP contribution in [0.15, 0.2) is 18.3 Å². The van der Waals surface area contributed by atoms with Crippen molar-refractivity contribution in [3.63, 3.8) is 0 Å². The van der Waals surface area contributed by atoms with E-state index in [1.165, 1.54) is 0 Å². The van der Waals surface area contributed by atoms with Gasteiger partial charge in [-0.05, 0) is 25.0 Å². The van der Waals surface area contributed by atoms with E-state index < -0.39 is 12.2 Å². The van der Waals surface area contributed by atoms with Gasteiger partial charge in [-0.15, -0.1) is 11.6 Å². The molecule has 0 fully saturated rings. The van der Waals surface area contributed by atoms with Crippen molar-refractivity contribution in [2.45, 2.75) is 25.6 Å². The molecule has 0 aromatic carbocycles. The predicted molar refractivity (Wildman–Crippen MR) is 55.3 cm³/mol. The highest BCUT2D eigenvalue weighted by Gasteiger charge is 2.20. The summed E-state index contributed by atoms with van der Waals surface area (Å²) in [5.41, 5.74) is 1.39. The summed E-state index contributed by atoms with van der Waals surface area (Å²) in [5.74, 6) is 0.324. The zero-order valence-electron chi connectivity index (χ0n) is 8.02. The van der Waals surface area contributed by atoms with Crippen molar-refractivity contribution in [1.82, 2.24) is 4.98 Å². The Balaban J connectivity index is 2.78. The molecule has 0 saturated carbocycles. The summed E-state index contributed by atoms with van der Waals surface area (Å²) in [5, 5.41) is 19.3. The van der Waals surface area contributed by atoms with Crippen LogP contribution >= 0.6 is 11.6 Å². The molecule has 2 atom stereocenters. The van der Waals surface area contributed by atoms with Crippen LogP contribution in [0.25, 0.3) is 0 Å². The molecular formula is C10H14ClNO2. The second-order valence-corrected chi connectivity index (χ2v) is 3.57. The molecule has 0 amide bonds. The van der Waals surface area contributed by atoms with E-state index in [2.05, 4.69) is 4.98 Å². The minimum atomic E-state index is -0.949. The van der Waals surface area contributed by atoms with Gasteiger partial charge in [-0.3, -0.25) is 4.98 Å². The van der Waals surface area contributed by atoms with Gasteiger partial charge in [-0.2, -0.15) is 0 Å². The van der Waals surface area contributed by atoms with E-state index in [0.29, 0.717) is 18.0 Å². The molecule has 3 nitrogen and oxygen atoms in total. The molecule has 1 aromatic heterocycles. The lowest BCUT2D eigenvalue weighted by Gasteiger charge is -2.17. The molecule has 4 heteroatoms. The second kappa shape index (κ2) is 5.29. The fourth-order valence-electron chi connectivity index (χ4n) is 1.26. The first-order chi connectivity index (χ1) is 6.66. The van der Waals surface area contributed by atoms with Gasteiger partial charge in [0.25, 0.3) is 0 Å². The largest absolute Gasteiger partial charge is 0.390 e. The van der Waals surface area contributed by atoms with Crippen LogP contribution in [0, 0.1) is 6.92 Å². The lowest BCUT2D eigenvalue weighted by molar-refractivity contribution is 0.0140. The Hall–Kier alpha value is -0.640. The van der Waals surface area contributed by atoms with E-state index in [9.17, 15) is 10.2 Å². The maximum absolute atomic E-state index is 9.73. The maximum atomic E-state index is 9.73. The summed E-state index contributed by atoms with van der Waals surface area (Å²) in [7, 11) is 0. The maximum Gasteiger partial charge on any atom is 0.122 e. The predicted octanol–water partition coefficient (Wildman–Crippen LogP) is 1.41. The molecule has 0 radical (unpaired) electrons. The van der Waals surface area contributed by atoms with Crippen molar-refractivity contribution >= 4 is 11.6 Å². The molecule has 2 N–H and O–H groups in total. The highest BCUT2D eigenvalue weighted by Crippen LogP contribution is 2.19. The summed E-state index contributed by atoms with van der Waals surface area (Å²) in [6, 6.07) is 3.64. The van der Waals surface area contributed by atoms with Gasteiger partial charge in [0.1, 0.15) is 6.10 Å². The number of hydrogen-bond acceptors (Lipinski definition) is 3. The minimum absolute atomic E-state index is 0.324. The van der Waals surface area contributed by atoms with Gasteiger partial charge >= 0.3 is 0 Å². The smallest absolute Gasteiger partial charge is 0.122 e. The van der Waals surface area contributed by atoms with Crippen molar-refractivity contribution in [1.29, 1.82) is 0 Å². The second-order valence-electron chi connectivity index (χ2n) is 3.20. The number of rotatable bonds is 4. The molecule has 1 rings (SSSR count). The quantitative estimate of drug-likeness (QED) is 0.747. The zero-order chi connectivity index (χ0) is 10.6. The number of pyridine rings is 1. The molecule has 0 spiro atoms. The number of aromatic nitrogens is 1. The van der Waals surface area contributed by atoms with Crippen LogP contribution in [-0.4, -0.2) is 27.2 Å². The normalized spacial score (nSPS) is 15.1. The van der Waals surface area contributed by atoms with Gasteiger partial charge in [0, 0.05) is 12.1 Å². The van der Waals surface area contributed by atoms with Gasteiger partial charge in [0.05, 0.1) is 11.8 Å². The van der Waals surface area contributed by atoms with Crippen LogP contribution in [-0.2, 0) is 0 Å². The molecule has 0 bridgehead atoms. The number of hydrogen-bond donors (Lipinski definition) is 2. The van der Waals surface area contributed by atoms with Gasteiger partial charge < -0.3 is 10.2 Å². The Bertz CT molecular complexity index is 293. The first kappa shape index (κ1) is 11.4. The highest BCUT2D eigenvalue weighted by molar-refractivity contribution is 6.17. The monoisotopic (exact) mass is 215 g/mol. The zero-order valence-corrected chi connectivity index (χ0v) is 8.78. The third-order valence-corrected chi connectivity index (χ3v) is 2.32. The van der Waals surface area contributed by atoms with E-state index in [0.717, 1.165) is 5.56 Å². The number of nitrogens with zero attached hydrogens (tertiary/aromatic N) is 1. The van der Waals surface area contributed by atoms with Crippen LogP contribution in [0.5, 0.6) is 0 Å².